The van der Waals surface area contributed by atoms with Gasteiger partial charge in [-0.3, -0.25) is 14.3 Å². The summed E-state index contributed by atoms with van der Waals surface area (Å²) in [5.41, 5.74) is 3.51. The van der Waals surface area contributed by atoms with Gasteiger partial charge in [-0.15, -0.1) is 0 Å². The second-order valence-corrected chi connectivity index (χ2v) is 6.71. The highest BCUT2D eigenvalue weighted by molar-refractivity contribution is 5.96. The van der Waals surface area contributed by atoms with E-state index < -0.39 is 0 Å². The molecule has 1 heterocycles. The lowest BCUT2D eigenvalue weighted by molar-refractivity contribution is -0.121. The van der Waals surface area contributed by atoms with Gasteiger partial charge in [-0.25, -0.2) is 4.98 Å². The molecule has 1 unspecified atom stereocenters. The molecule has 0 aliphatic rings. The summed E-state index contributed by atoms with van der Waals surface area (Å²) in [6.45, 7) is 4.21. The normalized spacial score (nSPS) is 11.6. The largest absolute Gasteiger partial charge is 0.346 e. The van der Waals surface area contributed by atoms with Gasteiger partial charge < -0.3 is 10.6 Å². The van der Waals surface area contributed by atoms with Crippen molar-refractivity contribution in [2.45, 2.75) is 26.4 Å². The van der Waals surface area contributed by atoms with Gasteiger partial charge >= 0.3 is 0 Å². The maximum atomic E-state index is 12.5. The molecule has 0 bridgehead atoms. The average molecular weight is 377 g/mol. The highest BCUT2D eigenvalue weighted by Gasteiger charge is 2.16. The summed E-state index contributed by atoms with van der Waals surface area (Å²) in [6, 6.07) is 14.9. The molecule has 3 rings (SSSR count). The molecule has 0 saturated carbocycles. The third kappa shape index (κ3) is 5.26. The summed E-state index contributed by atoms with van der Waals surface area (Å²) in [5.74, 6) is -0.541. The fraction of sp³-hybridized carbons (Fsp3) is 0.238. The lowest BCUT2D eigenvalue weighted by atomic mass is 10.1. The first kappa shape index (κ1) is 19.3. The maximum Gasteiger partial charge on any atom is 0.251 e. The fourth-order valence-electron chi connectivity index (χ4n) is 3.05. The third-order valence-corrected chi connectivity index (χ3v) is 4.27. The van der Waals surface area contributed by atoms with Gasteiger partial charge in [0.1, 0.15) is 12.7 Å². The minimum atomic E-state index is -0.284. The van der Waals surface area contributed by atoms with E-state index >= 15 is 0 Å². The number of nitrogens with one attached hydrogen (secondary N) is 2. The molecule has 0 spiro atoms. The molecule has 7 heteroatoms. The van der Waals surface area contributed by atoms with Crippen LogP contribution in [0.3, 0.4) is 0 Å². The van der Waals surface area contributed by atoms with Crippen LogP contribution in [0.5, 0.6) is 0 Å². The van der Waals surface area contributed by atoms with Gasteiger partial charge in [0.05, 0.1) is 19.1 Å². The zero-order valence-corrected chi connectivity index (χ0v) is 15.9. The maximum absolute atomic E-state index is 12.5. The molecule has 0 radical (unpaired) electrons. The van der Waals surface area contributed by atoms with Crippen molar-refractivity contribution < 1.29 is 9.59 Å². The Balaban J connectivity index is 1.62. The predicted octanol–water partition coefficient (Wildman–Crippen LogP) is 2.18. The van der Waals surface area contributed by atoms with E-state index in [2.05, 4.69) is 20.7 Å². The first-order chi connectivity index (χ1) is 13.5. The third-order valence-electron chi connectivity index (χ3n) is 4.27. The average Bonchev–Trinajstić information content (AvgIpc) is 3.18. The predicted molar refractivity (Wildman–Crippen MR) is 106 cm³/mol. The molecule has 3 aromatic rings. The van der Waals surface area contributed by atoms with E-state index in [-0.39, 0.29) is 24.4 Å². The van der Waals surface area contributed by atoms with Crippen molar-refractivity contribution >= 4 is 11.8 Å². The van der Waals surface area contributed by atoms with E-state index in [0.717, 1.165) is 16.7 Å². The van der Waals surface area contributed by atoms with Crippen molar-refractivity contribution in [3.8, 4) is 0 Å². The number of aromatic nitrogens is 3. The van der Waals surface area contributed by atoms with Crippen LogP contribution in [0.1, 0.15) is 33.1 Å². The number of benzene rings is 2. The van der Waals surface area contributed by atoms with Gasteiger partial charge in [0.25, 0.3) is 5.91 Å². The highest BCUT2D eigenvalue weighted by Crippen LogP contribution is 2.14. The van der Waals surface area contributed by atoms with Crippen LogP contribution in [0.4, 0.5) is 0 Å². The van der Waals surface area contributed by atoms with Crippen LogP contribution in [0, 0.1) is 13.8 Å². The zero-order valence-electron chi connectivity index (χ0n) is 15.9. The van der Waals surface area contributed by atoms with Gasteiger partial charge in [0.2, 0.25) is 5.91 Å². The molecule has 0 fully saturated rings. The molecular weight excluding hydrogens is 354 g/mol. The van der Waals surface area contributed by atoms with E-state index in [1.807, 2.05) is 50.2 Å². The van der Waals surface area contributed by atoms with Crippen LogP contribution in [0.25, 0.3) is 0 Å². The lowest BCUT2D eigenvalue weighted by Gasteiger charge is -2.19. The first-order valence-electron chi connectivity index (χ1n) is 9.04. The molecule has 1 atom stereocenters. The molecule has 1 aromatic heterocycles. The van der Waals surface area contributed by atoms with Gasteiger partial charge in [0.15, 0.2) is 0 Å². The molecule has 2 amide bonds. The van der Waals surface area contributed by atoms with E-state index in [4.69, 9.17) is 0 Å². The Morgan fingerprint density at radius 3 is 2.43 bits per heavy atom. The van der Waals surface area contributed by atoms with Crippen LogP contribution in [0.15, 0.2) is 61.2 Å². The molecule has 144 valence electrons. The molecule has 0 aliphatic heterocycles. The van der Waals surface area contributed by atoms with Crippen molar-refractivity contribution in [2.75, 3.05) is 6.54 Å². The molecule has 2 aromatic carbocycles. The summed E-state index contributed by atoms with van der Waals surface area (Å²) >= 11 is 0. The first-order valence-corrected chi connectivity index (χ1v) is 9.04. The van der Waals surface area contributed by atoms with E-state index in [1.54, 1.807) is 23.1 Å². The molecule has 0 saturated heterocycles. The number of rotatable bonds is 7. The quantitative estimate of drug-likeness (QED) is 0.660. The number of hydrogen-bond donors (Lipinski definition) is 2. The standard InChI is InChI=1S/C21H23N5O2/c1-15-8-16(2)10-18(9-15)21(28)23-11-20(27)25-19(12-26-14-22-13-24-26)17-6-4-3-5-7-17/h3-10,13-14,19H,11-12H2,1-2H3,(H,23,28)(H,25,27). The van der Waals surface area contributed by atoms with Gasteiger partial charge in [-0.2, -0.15) is 5.10 Å². The summed E-state index contributed by atoms with van der Waals surface area (Å²) in [5, 5.41) is 9.75. The molecule has 28 heavy (non-hydrogen) atoms. The van der Waals surface area contributed by atoms with Crippen molar-refractivity contribution in [3.05, 3.63) is 83.4 Å². The van der Waals surface area contributed by atoms with Crippen LogP contribution >= 0.6 is 0 Å². The number of aryl methyl sites for hydroxylation is 2. The van der Waals surface area contributed by atoms with Crippen molar-refractivity contribution in [3.63, 3.8) is 0 Å². The monoisotopic (exact) mass is 377 g/mol. The second kappa shape index (κ2) is 8.94. The number of carbonyl (C=O) groups excluding carboxylic acids is 2. The van der Waals surface area contributed by atoms with Crippen molar-refractivity contribution in [1.29, 1.82) is 0 Å². The van der Waals surface area contributed by atoms with Crippen LogP contribution in [-0.2, 0) is 11.3 Å². The summed E-state index contributed by atoms with van der Waals surface area (Å²) < 4.78 is 1.66. The van der Waals surface area contributed by atoms with Gasteiger partial charge in [0, 0.05) is 5.56 Å². The van der Waals surface area contributed by atoms with Gasteiger partial charge in [-0.1, -0.05) is 47.5 Å². The second-order valence-electron chi connectivity index (χ2n) is 6.71. The number of amides is 2. The van der Waals surface area contributed by atoms with E-state index in [9.17, 15) is 9.59 Å². The Morgan fingerprint density at radius 2 is 1.79 bits per heavy atom. The Kier molecular flexibility index (Phi) is 6.16. The fourth-order valence-corrected chi connectivity index (χ4v) is 3.05. The zero-order chi connectivity index (χ0) is 19.9. The topological polar surface area (TPSA) is 88.9 Å². The van der Waals surface area contributed by atoms with E-state index in [0.29, 0.717) is 12.1 Å². The molecular formula is C21H23N5O2. The molecule has 7 nitrogen and oxygen atoms in total. The molecule has 0 aliphatic carbocycles. The number of nitrogens with zero attached hydrogens (tertiary/aromatic N) is 3. The van der Waals surface area contributed by atoms with Crippen LogP contribution in [0.2, 0.25) is 0 Å². The number of carbonyl (C=O) groups is 2. The van der Waals surface area contributed by atoms with Gasteiger partial charge in [-0.05, 0) is 31.5 Å². The van der Waals surface area contributed by atoms with E-state index in [1.165, 1.54) is 6.33 Å². The summed E-state index contributed by atoms with van der Waals surface area (Å²) in [4.78, 5) is 28.7. The Morgan fingerprint density at radius 1 is 1.07 bits per heavy atom. The van der Waals surface area contributed by atoms with Crippen LogP contribution in [-0.4, -0.2) is 33.1 Å². The SMILES string of the molecule is Cc1cc(C)cc(C(=O)NCC(=O)NC(Cn2cncn2)c2ccccc2)c1. The minimum Gasteiger partial charge on any atom is -0.346 e. The minimum absolute atomic E-state index is 0.105. The van der Waals surface area contributed by atoms with Crippen molar-refractivity contribution in [2.24, 2.45) is 0 Å². The highest BCUT2D eigenvalue weighted by atomic mass is 16.2. The summed E-state index contributed by atoms with van der Waals surface area (Å²) in [7, 11) is 0. The Labute approximate surface area is 163 Å². The Bertz CT molecular complexity index is 918. The number of hydrogen-bond acceptors (Lipinski definition) is 4. The Hall–Kier alpha value is -3.48. The van der Waals surface area contributed by atoms with Crippen LogP contribution < -0.4 is 10.6 Å². The summed E-state index contributed by atoms with van der Waals surface area (Å²) in [6.07, 6.45) is 3.05. The van der Waals surface area contributed by atoms with Crippen molar-refractivity contribution in [1.82, 2.24) is 25.4 Å². The molecule has 2 N–H and O–H groups in total. The lowest BCUT2D eigenvalue weighted by Crippen LogP contribution is -2.39. The smallest absolute Gasteiger partial charge is 0.251 e.